The van der Waals surface area contributed by atoms with Crippen LogP contribution in [0.2, 0.25) is 0 Å². The highest BCUT2D eigenvalue weighted by molar-refractivity contribution is 5.13. The molecule has 0 spiro atoms. The highest BCUT2D eigenvalue weighted by Crippen LogP contribution is 2.27. The molecule has 3 atom stereocenters. The summed E-state index contributed by atoms with van der Waals surface area (Å²) in [5.41, 5.74) is 7.26. The zero-order valence-electron chi connectivity index (χ0n) is 10.1. The van der Waals surface area contributed by atoms with Crippen molar-refractivity contribution in [1.29, 1.82) is 0 Å². The molecule has 1 aliphatic rings. The van der Waals surface area contributed by atoms with E-state index in [4.69, 9.17) is 5.73 Å². The van der Waals surface area contributed by atoms with Gasteiger partial charge in [0.1, 0.15) is 0 Å². The Balaban J connectivity index is 2.00. The summed E-state index contributed by atoms with van der Waals surface area (Å²) in [5.74, 6) is 0.652. The normalized spacial score (nSPS) is 25.6. The van der Waals surface area contributed by atoms with Crippen LogP contribution >= 0.6 is 0 Å². The van der Waals surface area contributed by atoms with E-state index in [1.807, 2.05) is 18.5 Å². The second-order valence-corrected chi connectivity index (χ2v) is 4.87. The molecule has 3 heteroatoms. The summed E-state index contributed by atoms with van der Waals surface area (Å²) in [6.45, 7) is 6.64. The summed E-state index contributed by atoms with van der Waals surface area (Å²) < 4.78 is 0. The number of likely N-dealkylation sites (tertiary alicyclic amines) is 1. The third kappa shape index (κ3) is 2.42. The fraction of sp³-hybridized carbons (Fsp3) is 0.615. The number of rotatable bonds is 3. The minimum Gasteiger partial charge on any atom is -0.328 e. The third-order valence-corrected chi connectivity index (χ3v) is 3.71. The Labute approximate surface area is 97.7 Å². The van der Waals surface area contributed by atoms with Crippen LogP contribution in [0.5, 0.6) is 0 Å². The van der Waals surface area contributed by atoms with Gasteiger partial charge in [0.2, 0.25) is 0 Å². The Morgan fingerprint density at radius 2 is 2.31 bits per heavy atom. The average molecular weight is 219 g/mol. The van der Waals surface area contributed by atoms with Crippen molar-refractivity contribution in [2.75, 3.05) is 13.1 Å². The van der Waals surface area contributed by atoms with Crippen LogP contribution in [0.4, 0.5) is 0 Å². The molecule has 3 unspecified atom stereocenters. The fourth-order valence-electron chi connectivity index (χ4n) is 2.43. The van der Waals surface area contributed by atoms with E-state index in [1.54, 1.807) is 0 Å². The van der Waals surface area contributed by atoms with E-state index in [0.717, 1.165) is 13.1 Å². The summed E-state index contributed by atoms with van der Waals surface area (Å²) >= 11 is 0. The first-order valence-electron chi connectivity index (χ1n) is 6.08. The Bertz CT molecular complexity index is 323. The van der Waals surface area contributed by atoms with Crippen LogP contribution in [-0.4, -0.2) is 29.0 Å². The molecule has 1 saturated heterocycles. The van der Waals surface area contributed by atoms with Crippen LogP contribution in [0.25, 0.3) is 0 Å². The van der Waals surface area contributed by atoms with Crippen molar-refractivity contribution in [2.45, 2.75) is 32.4 Å². The average Bonchev–Trinajstić information content (AvgIpc) is 2.78. The molecule has 3 nitrogen and oxygen atoms in total. The Hall–Kier alpha value is -0.930. The van der Waals surface area contributed by atoms with E-state index < -0.39 is 0 Å². The van der Waals surface area contributed by atoms with Crippen molar-refractivity contribution in [1.82, 2.24) is 9.88 Å². The number of nitrogens with two attached hydrogens (primary N) is 1. The smallest absolute Gasteiger partial charge is 0.0335 e. The molecule has 0 radical (unpaired) electrons. The van der Waals surface area contributed by atoms with Crippen LogP contribution in [-0.2, 0) is 0 Å². The van der Waals surface area contributed by atoms with Crippen LogP contribution in [0, 0.1) is 5.92 Å². The van der Waals surface area contributed by atoms with E-state index in [-0.39, 0.29) is 0 Å². The van der Waals surface area contributed by atoms with Gasteiger partial charge in [0.05, 0.1) is 0 Å². The largest absolute Gasteiger partial charge is 0.328 e. The number of hydrogen-bond acceptors (Lipinski definition) is 3. The lowest BCUT2D eigenvalue weighted by Gasteiger charge is -2.25. The maximum absolute atomic E-state index is 5.96. The zero-order valence-corrected chi connectivity index (χ0v) is 10.1. The second kappa shape index (κ2) is 4.93. The zero-order chi connectivity index (χ0) is 11.5. The van der Waals surface area contributed by atoms with Gasteiger partial charge in [-0.3, -0.25) is 9.88 Å². The Morgan fingerprint density at radius 1 is 1.50 bits per heavy atom. The third-order valence-electron chi connectivity index (χ3n) is 3.71. The summed E-state index contributed by atoms with van der Waals surface area (Å²) in [5, 5.41) is 0. The standard InChI is InChI=1S/C13H21N3/c1-10(14)13-5-7-16(9-13)11(2)12-4-3-6-15-8-12/h3-4,6,8,10-11,13H,5,7,9,14H2,1-2H3. The first-order chi connectivity index (χ1) is 7.68. The SMILES string of the molecule is CC(N)C1CCN(C(C)c2cccnc2)C1. The Morgan fingerprint density at radius 3 is 2.88 bits per heavy atom. The highest BCUT2D eigenvalue weighted by Gasteiger charge is 2.28. The monoisotopic (exact) mass is 219 g/mol. The van der Waals surface area contributed by atoms with Gasteiger partial charge in [0.25, 0.3) is 0 Å². The summed E-state index contributed by atoms with van der Waals surface area (Å²) in [7, 11) is 0. The molecule has 1 aliphatic heterocycles. The van der Waals surface area contributed by atoms with Crippen molar-refractivity contribution >= 4 is 0 Å². The van der Waals surface area contributed by atoms with Gasteiger partial charge in [-0.15, -0.1) is 0 Å². The molecule has 2 heterocycles. The van der Waals surface area contributed by atoms with Gasteiger partial charge in [-0.2, -0.15) is 0 Å². The van der Waals surface area contributed by atoms with Crippen LogP contribution in [0.1, 0.15) is 31.9 Å². The predicted octanol–water partition coefficient (Wildman–Crippen LogP) is 1.81. The minimum absolute atomic E-state index is 0.311. The van der Waals surface area contributed by atoms with Crippen molar-refractivity contribution in [2.24, 2.45) is 11.7 Å². The quantitative estimate of drug-likeness (QED) is 0.843. The summed E-state index contributed by atoms with van der Waals surface area (Å²) in [6.07, 6.45) is 5.01. The minimum atomic E-state index is 0.311. The molecular formula is C13H21N3. The Kier molecular flexibility index (Phi) is 3.56. The lowest BCUT2D eigenvalue weighted by atomic mass is 10.0. The van der Waals surface area contributed by atoms with E-state index in [1.165, 1.54) is 12.0 Å². The number of pyridine rings is 1. The summed E-state index contributed by atoms with van der Waals surface area (Å²) in [4.78, 5) is 6.68. The van der Waals surface area contributed by atoms with Crippen molar-refractivity contribution in [3.8, 4) is 0 Å². The van der Waals surface area contributed by atoms with Gasteiger partial charge in [-0.25, -0.2) is 0 Å². The number of nitrogens with zero attached hydrogens (tertiary/aromatic N) is 2. The maximum Gasteiger partial charge on any atom is 0.0335 e. The van der Waals surface area contributed by atoms with Crippen molar-refractivity contribution < 1.29 is 0 Å². The molecule has 2 rings (SSSR count). The fourth-order valence-corrected chi connectivity index (χ4v) is 2.43. The molecule has 0 amide bonds. The van der Waals surface area contributed by atoms with Gasteiger partial charge in [-0.05, 0) is 44.4 Å². The molecule has 0 bridgehead atoms. The van der Waals surface area contributed by atoms with Gasteiger partial charge in [0, 0.05) is 31.0 Å². The molecule has 0 saturated carbocycles. The van der Waals surface area contributed by atoms with Crippen molar-refractivity contribution in [3.63, 3.8) is 0 Å². The molecule has 1 aromatic rings. The topological polar surface area (TPSA) is 42.1 Å². The van der Waals surface area contributed by atoms with Gasteiger partial charge in [-0.1, -0.05) is 6.07 Å². The molecule has 0 aromatic carbocycles. The van der Waals surface area contributed by atoms with Gasteiger partial charge >= 0.3 is 0 Å². The lowest BCUT2D eigenvalue weighted by molar-refractivity contribution is 0.248. The molecule has 16 heavy (non-hydrogen) atoms. The van der Waals surface area contributed by atoms with Crippen LogP contribution < -0.4 is 5.73 Å². The maximum atomic E-state index is 5.96. The molecule has 88 valence electrons. The second-order valence-electron chi connectivity index (χ2n) is 4.87. The lowest BCUT2D eigenvalue weighted by Crippen LogP contribution is -2.31. The van der Waals surface area contributed by atoms with Crippen LogP contribution in [0.3, 0.4) is 0 Å². The number of aromatic nitrogens is 1. The molecule has 1 aromatic heterocycles. The van der Waals surface area contributed by atoms with Crippen molar-refractivity contribution in [3.05, 3.63) is 30.1 Å². The molecule has 0 aliphatic carbocycles. The van der Waals surface area contributed by atoms with Crippen LogP contribution in [0.15, 0.2) is 24.5 Å². The van der Waals surface area contributed by atoms with Gasteiger partial charge in [0.15, 0.2) is 0 Å². The van der Waals surface area contributed by atoms with E-state index >= 15 is 0 Å². The number of hydrogen-bond donors (Lipinski definition) is 1. The summed E-state index contributed by atoms with van der Waals surface area (Å²) in [6, 6.07) is 4.92. The first kappa shape index (κ1) is 11.6. The van der Waals surface area contributed by atoms with Gasteiger partial charge < -0.3 is 5.73 Å². The molecule has 2 N–H and O–H groups in total. The molecular weight excluding hydrogens is 198 g/mol. The van der Waals surface area contributed by atoms with E-state index in [0.29, 0.717) is 18.0 Å². The predicted molar refractivity (Wildman–Crippen MR) is 66.0 cm³/mol. The molecule has 1 fully saturated rings. The first-order valence-corrected chi connectivity index (χ1v) is 6.08. The van der Waals surface area contributed by atoms with E-state index in [2.05, 4.69) is 29.8 Å². The highest BCUT2D eigenvalue weighted by atomic mass is 15.2. The van der Waals surface area contributed by atoms with E-state index in [9.17, 15) is 0 Å².